The third kappa shape index (κ3) is 4.23. The van der Waals surface area contributed by atoms with Crippen LogP contribution in [0.4, 0.5) is 4.79 Å². The van der Waals surface area contributed by atoms with Gasteiger partial charge in [-0.15, -0.1) is 0 Å². The lowest BCUT2D eigenvalue weighted by Crippen LogP contribution is -2.41. The summed E-state index contributed by atoms with van der Waals surface area (Å²) in [6, 6.07) is 4.08. The standard InChI is InChI=1S/C14H14N2O6/c1-9-11(4-6-20-9)13(18)22-8-12(17)16-14(19)15-7-10-3-2-5-21-10/h2-6H,7-8H2,1H3,(H2,15,16,17,19). The lowest BCUT2D eigenvalue weighted by Gasteiger charge is -2.06. The minimum Gasteiger partial charge on any atom is -0.469 e. The average Bonchev–Trinajstić information content (AvgIpc) is 3.14. The van der Waals surface area contributed by atoms with Crippen LogP contribution >= 0.6 is 0 Å². The highest BCUT2D eigenvalue weighted by atomic mass is 16.5. The van der Waals surface area contributed by atoms with Crippen LogP contribution in [0.15, 0.2) is 39.6 Å². The molecule has 2 aromatic rings. The zero-order valence-electron chi connectivity index (χ0n) is 11.8. The number of amides is 3. The normalized spacial score (nSPS) is 10.0. The Bertz CT molecular complexity index is 659. The van der Waals surface area contributed by atoms with E-state index in [2.05, 4.69) is 5.32 Å². The number of ether oxygens (including phenoxy) is 1. The summed E-state index contributed by atoms with van der Waals surface area (Å²) in [5.74, 6) is -0.505. The van der Waals surface area contributed by atoms with E-state index >= 15 is 0 Å². The Labute approximate surface area is 125 Å². The summed E-state index contributed by atoms with van der Waals surface area (Å²) in [5.41, 5.74) is 0.232. The second-order valence-corrected chi connectivity index (χ2v) is 4.28. The number of furan rings is 2. The zero-order valence-corrected chi connectivity index (χ0v) is 11.8. The Morgan fingerprint density at radius 1 is 1.18 bits per heavy atom. The fraction of sp³-hybridized carbons (Fsp3) is 0.214. The smallest absolute Gasteiger partial charge is 0.342 e. The van der Waals surface area contributed by atoms with Crippen LogP contribution in [0.25, 0.3) is 0 Å². The Hall–Kier alpha value is -3.03. The second kappa shape index (κ2) is 7.11. The SMILES string of the molecule is Cc1occc1C(=O)OCC(=O)NC(=O)NCc1ccco1. The molecule has 0 aliphatic rings. The molecule has 0 aromatic carbocycles. The van der Waals surface area contributed by atoms with E-state index in [-0.39, 0.29) is 12.1 Å². The van der Waals surface area contributed by atoms with Crippen molar-refractivity contribution >= 4 is 17.9 Å². The van der Waals surface area contributed by atoms with Crippen LogP contribution in [0, 0.1) is 6.92 Å². The number of aryl methyl sites for hydroxylation is 1. The van der Waals surface area contributed by atoms with Gasteiger partial charge in [0.15, 0.2) is 6.61 Å². The fourth-order valence-corrected chi connectivity index (χ4v) is 1.59. The summed E-state index contributed by atoms with van der Waals surface area (Å²) in [6.07, 6.45) is 2.81. The van der Waals surface area contributed by atoms with Gasteiger partial charge < -0.3 is 18.9 Å². The number of imide groups is 1. The Kier molecular flexibility index (Phi) is 4.97. The van der Waals surface area contributed by atoms with Crippen LogP contribution in [-0.2, 0) is 16.1 Å². The Morgan fingerprint density at radius 2 is 2.00 bits per heavy atom. The molecule has 8 nitrogen and oxygen atoms in total. The minimum absolute atomic E-state index is 0.139. The van der Waals surface area contributed by atoms with Crippen LogP contribution in [-0.4, -0.2) is 24.5 Å². The minimum atomic E-state index is -0.744. The topological polar surface area (TPSA) is 111 Å². The van der Waals surface area contributed by atoms with Crippen molar-refractivity contribution in [3.63, 3.8) is 0 Å². The molecular formula is C14H14N2O6. The molecule has 0 bridgehead atoms. The average molecular weight is 306 g/mol. The van der Waals surface area contributed by atoms with Crippen LogP contribution in [0.2, 0.25) is 0 Å². The van der Waals surface area contributed by atoms with Gasteiger partial charge in [-0.1, -0.05) is 0 Å². The maximum atomic E-state index is 11.6. The lowest BCUT2D eigenvalue weighted by molar-refractivity contribution is -0.123. The molecule has 0 aliphatic carbocycles. The molecule has 0 aliphatic heterocycles. The molecule has 2 rings (SSSR count). The molecule has 3 amide bonds. The third-order valence-corrected chi connectivity index (χ3v) is 2.67. The van der Waals surface area contributed by atoms with E-state index in [0.717, 1.165) is 0 Å². The molecule has 8 heteroatoms. The zero-order chi connectivity index (χ0) is 15.9. The predicted octanol–water partition coefficient (Wildman–Crippen LogP) is 1.36. The van der Waals surface area contributed by atoms with Crippen molar-refractivity contribution in [3.8, 4) is 0 Å². The van der Waals surface area contributed by atoms with Gasteiger partial charge in [0.05, 0.1) is 19.1 Å². The van der Waals surface area contributed by atoms with Gasteiger partial charge in [0.25, 0.3) is 5.91 Å². The number of hydrogen-bond acceptors (Lipinski definition) is 6. The highest BCUT2D eigenvalue weighted by Gasteiger charge is 2.15. The van der Waals surface area contributed by atoms with Crippen molar-refractivity contribution in [2.24, 2.45) is 0 Å². The van der Waals surface area contributed by atoms with Crippen LogP contribution < -0.4 is 10.6 Å². The number of esters is 1. The maximum Gasteiger partial charge on any atom is 0.342 e. The molecule has 2 N–H and O–H groups in total. The molecule has 0 fully saturated rings. The maximum absolute atomic E-state index is 11.6. The van der Waals surface area contributed by atoms with E-state index in [4.69, 9.17) is 13.6 Å². The molecule has 0 spiro atoms. The van der Waals surface area contributed by atoms with E-state index < -0.39 is 24.5 Å². The number of nitrogens with one attached hydrogen (secondary N) is 2. The largest absolute Gasteiger partial charge is 0.469 e. The first-order chi connectivity index (χ1) is 10.6. The van der Waals surface area contributed by atoms with E-state index in [1.54, 1.807) is 19.1 Å². The van der Waals surface area contributed by atoms with E-state index in [1.165, 1.54) is 18.6 Å². The first-order valence-corrected chi connectivity index (χ1v) is 6.37. The van der Waals surface area contributed by atoms with E-state index in [9.17, 15) is 14.4 Å². The molecule has 0 saturated carbocycles. The number of urea groups is 1. The molecule has 2 aromatic heterocycles. The molecule has 116 valence electrons. The number of rotatable bonds is 5. The van der Waals surface area contributed by atoms with Crippen molar-refractivity contribution in [2.45, 2.75) is 13.5 Å². The van der Waals surface area contributed by atoms with Gasteiger partial charge >= 0.3 is 12.0 Å². The van der Waals surface area contributed by atoms with Gasteiger partial charge in [0.1, 0.15) is 17.1 Å². The summed E-state index contributed by atoms with van der Waals surface area (Å²) in [6.45, 7) is 1.16. The Balaban J connectivity index is 1.70. The molecule has 2 heterocycles. The highest BCUT2D eigenvalue weighted by Crippen LogP contribution is 2.09. The summed E-state index contributed by atoms with van der Waals surface area (Å²) < 4.78 is 14.7. The van der Waals surface area contributed by atoms with Gasteiger partial charge in [-0.3, -0.25) is 10.1 Å². The van der Waals surface area contributed by atoms with Gasteiger partial charge in [-0.2, -0.15) is 0 Å². The quantitative estimate of drug-likeness (QED) is 0.807. The number of hydrogen-bond donors (Lipinski definition) is 2. The van der Waals surface area contributed by atoms with Crippen LogP contribution in [0.3, 0.4) is 0 Å². The highest BCUT2D eigenvalue weighted by molar-refractivity contribution is 5.97. The van der Waals surface area contributed by atoms with Gasteiger partial charge in [-0.25, -0.2) is 9.59 Å². The first kappa shape index (κ1) is 15.4. The molecule has 0 radical (unpaired) electrons. The van der Waals surface area contributed by atoms with Gasteiger partial charge in [0.2, 0.25) is 0 Å². The molecule has 0 unspecified atom stereocenters. The second-order valence-electron chi connectivity index (χ2n) is 4.28. The fourth-order valence-electron chi connectivity index (χ4n) is 1.59. The number of carbonyl (C=O) groups excluding carboxylic acids is 3. The summed E-state index contributed by atoms with van der Waals surface area (Å²) in [7, 11) is 0. The van der Waals surface area contributed by atoms with Crippen molar-refractivity contribution < 1.29 is 28.0 Å². The van der Waals surface area contributed by atoms with Crippen molar-refractivity contribution in [1.82, 2.24) is 10.6 Å². The van der Waals surface area contributed by atoms with Crippen LogP contribution in [0.1, 0.15) is 21.9 Å². The predicted molar refractivity (Wildman–Crippen MR) is 72.8 cm³/mol. The van der Waals surface area contributed by atoms with Crippen LogP contribution in [0.5, 0.6) is 0 Å². The third-order valence-electron chi connectivity index (χ3n) is 2.67. The van der Waals surface area contributed by atoms with E-state index in [1.807, 2.05) is 5.32 Å². The first-order valence-electron chi connectivity index (χ1n) is 6.37. The van der Waals surface area contributed by atoms with E-state index in [0.29, 0.717) is 11.5 Å². The van der Waals surface area contributed by atoms with Crippen molar-refractivity contribution in [3.05, 3.63) is 47.8 Å². The lowest BCUT2D eigenvalue weighted by atomic mass is 10.3. The van der Waals surface area contributed by atoms with Crippen molar-refractivity contribution in [2.75, 3.05) is 6.61 Å². The van der Waals surface area contributed by atoms with Gasteiger partial charge in [0, 0.05) is 0 Å². The summed E-state index contributed by atoms with van der Waals surface area (Å²) in [4.78, 5) is 34.5. The summed E-state index contributed by atoms with van der Waals surface area (Å²) in [5, 5.41) is 4.45. The molecule has 0 saturated heterocycles. The van der Waals surface area contributed by atoms with Crippen molar-refractivity contribution in [1.29, 1.82) is 0 Å². The number of carbonyl (C=O) groups is 3. The summed E-state index contributed by atoms with van der Waals surface area (Å²) >= 11 is 0. The molecular weight excluding hydrogens is 292 g/mol. The van der Waals surface area contributed by atoms with Gasteiger partial charge in [-0.05, 0) is 25.1 Å². The monoisotopic (exact) mass is 306 g/mol. The Morgan fingerprint density at radius 3 is 2.64 bits per heavy atom. The molecule has 22 heavy (non-hydrogen) atoms. The molecule has 0 atom stereocenters.